The SMILES string of the molecule is C[Si](C)(C)C1=[C-]CC=C1.[K+]. The van der Waals surface area contributed by atoms with E-state index in [0.29, 0.717) is 0 Å². The van der Waals surface area contributed by atoms with Gasteiger partial charge >= 0.3 is 51.4 Å². The Morgan fingerprint density at radius 3 is 2.20 bits per heavy atom. The van der Waals surface area contributed by atoms with Gasteiger partial charge in [0.25, 0.3) is 0 Å². The Morgan fingerprint density at radius 1 is 1.40 bits per heavy atom. The van der Waals surface area contributed by atoms with Crippen LogP contribution < -0.4 is 51.4 Å². The van der Waals surface area contributed by atoms with Crippen molar-refractivity contribution in [3.05, 3.63) is 23.4 Å². The second kappa shape index (κ2) is 4.38. The quantitative estimate of drug-likeness (QED) is 0.375. The van der Waals surface area contributed by atoms with Crippen LogP contribution in [0, 0.1) is 6.08 Å². The number of hydrogen-bond donors (Lipinski definition) is 0. The van der Waals surface area contributed by atoms with E-state index in [-0.39, 0.29) is 51.4 Å². The minimum atomic E-state index is -1.01. The van der Waals surface area contributed by atoms with E-state index in [2.05, 4.69) is 37.9 Å². The molecule has 0 nitrogen and oxygen atoms in total. The molecule has 0 radical (unpaired) electrons. The Bertz CT molecular complexity index is 163. The zero-order valence-electron chi connectivity index (χ0n) is 7.36. The molecule has 0 fully saturated rings. The van der Waals surface area contributed by atoms with Gasteiger partial charge < -0.3 is 0 Å². The fourth-order valence-electron chi connectivity index (χ4n) is 0.920. The minimum Gasteiger partial charge on any atom is -0.274 e. The van der Waals surface area contributed by atoms with E-state index in [4.69, 9.17) is 0 Å². The van der Waals surface area contributed by atoms with E-state index < -0.39 is 8.07 Å². The Hall–Kier alpha value is 1.33. The maximum absolute atomic E-state index is 3.36. The maximum atomic E-state index is 3.36. The molecule has 0 spiro atoms. The van der Waals surface area contributed by atoms with Gasteiger partial charge in [0.2, 0.25) is 0 Å². The molecular formula is C8H13KSi. The Labute approximate surface area is 107 Å². The van der Waals surface area contributed by atoms with Crippen molar-refractivity contribution in [2.45, 2.75) is 26.1 Å². The molecule has 0 bridgehead atoms. The van der Waals surface area contributed by atoms with Crippen LogP contribution in [0.5, 0.6) is 0 Å². The van der Waals surface area contributed by atoms with Crippen molar-refractivity contribution in [2.24, 2.45) is 0 Å². The molecule has 0 N–H and O–H groups in total. The molecule has 1 rings (SSSR count). The molecule has 0 amide bonds. The van der Waals surface area contributed by atoms with Crippen LogP contribution in [-0.2, 0) is 0 Å². The van der Waals surface area contributed by atoms with Gasteiger partial charge in [-0.05, 0) is 0 Å². The van der Waals surface area contributed by atoms with Crippen LogP contribution in [-0.4, -0.2) is 8.07 Å². The first-order chi connectivity index (χ1) is 4.11. The van der Waals surface area contributed by atoms with E-state index in [1.165, 1.54) is 5.20 Å². The molecular weight excluding hydrogens is 163 g/mol. The Morgan fingerprint density at radius 2 is 2.00 bits per heavy atom. The average Bonchev–Trinajstić information content (AvgIpc) is 2.08. The summed E-state index contributed by atoms with van der Waals surface area (Å²) in [6, 6.07) is 0. The van der Waals surface area contributed by atoms with Crippen molar-refractivity contribution in [3.63, 3.8) is 0 Å². The van der Waals surface area contributed by atoms with Crippen molar-refractivity contribution in [2.75, 3.05) is 0 Å². The Balaban J connectivity index is 0.000000810. The first-order valence-electron chi connectivity index (χ1n) is 3.38. The normalized spacial score (nSPS) is 16.5. The van der Waals surface area contributed by atoms with E-state index in [1.807, 2.05) is 0 Å². The van der Waals surface area contributed by atoms with Crippen molar-refractivity contribution in [1.29, 1.82) is 0 Å². The third-order valence-electron chi connectivity index (χ3n) is 1.50. The molecule has 0 heterocycles. The average molecular weight is 176 g/mol. The zero-order chi connectivity index (χ0) is 6.91. The smallest absolute Gasteiger partial charge is 0.274 e. The summed E-state index contributed by atoms with van der Waals surface area (Å²) in [4.78, 5) is 0. The van der Waals surface area contributed by atoms with Crippen LogP contribution in [0.2, 0.25) is 19.6 Å². The summed E-state index contributed by atoms with van der Waals surface area (Å²) in [5.41, 5.74) is 0. The summed E-state index contributed by atoms with van der Waals surface area (Å²) in [6.45, 7) is 7.06. The standard InChI is InChI=1S/C8H13Si.K/c1-9(2,3)8-6-4-5-7-8;/h4,6H,5H2,1-3H3;/q-1;+1. The van der Waals surface area contributed by atoms with E-state index in [0.717, 1.165) is 6.42 Å². The summed E-state index contributed by atoms with van der Waals surface area (Å²) in [5.74, 6) is 0. The number of allylic oxidation sites excluding steroid dienone is 4. The predicted molar refractivity (Wildman–Crippen MR) is 43.9 cm³/mol. The van der Waals surface area contributed by atoms with Crippen LogP contribution in [0.15, 0.2) is 17.3 Å². The first-order valence-corrected chi connectivity index (χ1v) is 6.88. The molecule has 2 heteroatoms. The van der Waals surface area contributed by atoms with Gasteiger partial charge in [0, 0.05) is 8.07 Å². The van der Waals surface area contributed by atoms with E-state index >= 15 is 0 Å². The summed E-state index contributed by atoms with van der Waals surface area (Å²) in [5, 5.41) is 1.49. The third-order valence-corrected chi connectivity index (χ3v) is 3.46. The molecule has 0 atom stereocenters. The molecule has 0 aromatic heterocycles. The van der Waals surface area contributed by atoms with Gasteiger partial charge in [0.15, 0.2) is 0 Å². The topological polar surface area (TPSA) is 0 Å². The molecule has 0 saturated heterocycles. The molecule has 0 unspecified atom stereocenters. The minimum absolute atomic E-state index is 0. The van der Waals surface area contributed by atoms with E-state index in [1.54, 1.807) is 0 Å². The van der Waals surface area contributed by atoms with Crippen molar-refractivity contribution in [3.8, 4) is 0 Å². The number of hydrogen-bond acceptors (Lipinski definition) is 0. The van der Waals surface area contributed by atoms with Crippen molar-refractivity contribution >= 4 is 8.07 Å². The maximum Gasteiger partial charge on any atom is 1.00 e. The van der Waals surface area contributed by atoms with Gasteiger partial charge in [-0.1, -0.05) is 19.6 Å². The molecule has 0 aromatic rings. The van der Waals surface area contributed by atoms with Gasteiger partial charge in [-0.15, -0.1) is 6.42 Å². The predicted octanol–water partition coefficient (Wildman–Crippen LogP) is -0.443. The molecule has 0 saturated carbocycles. The first kappa shape index (κ1) is 11.3. The van der Waals surface area contributed by atoms with Crippen LogP contribution >= 0.6 is 0 Å². The van der Waals surface area contributed by atoms with Crippen LogP contribution in [0.4, 0.5) is 0 Å². The largest absolute Gasteiger partial charge is 1.00 e. The molecule has 10 heavy (non-hydrogen) atoms. The molecule has 1 aliphatic rings. The summed E-state index contributed by atoms with van der Waals surface area (Å²) in [7, 11) is -1.01. The number of rotatable bonds is 1. The summed E-state index contributed by atoms with van der Waals surface area (Å²) < 4.78 is 0. The van der Waals surface area contributed by atoms with Gasteiger partial charge in [-0.3, -0.25) is 6.08 Å². The second-order valence-corrected chi connectivity index (χ2v) is 8.49. The fourth-order valence-corrected chi connectivity index (χ4v) is 2.17. The second-order valence-electron chi connectivity index (χ2n) is 3.45. The van der Waals surface area contributed by atoms with Gasteiger partial charge in [0.05, 0.1) is 0 Å². The van der Waals surface area contributed by atoms with E-state index in [9.17, 15) is 0 Å². The zero-order valence-corrected chi connectivity index (χ0v) is 11.5. The summed E-state index contributed by atoms with van der Waals surface area (Å²) >= 11 is 0. The van der Waals surface area contributed by atoms with Gasteiger partial charge in [0.1, 0.15) is 0 Å². The molecule has 0 aromatic carbocycles. The van der Waals surface area contributed by atoms with Crippen molar-refractivity contribution < 1.29 is 51.4 Å². The molecule has 1 aliphatic carbocycles. The molecule has 50 valence electrons. The van der Waals surface area contributed by atoms with Crippen molar-refractivity contribution in [1.82, 2.24) is 0 Å². The van der Waals surface area contributed by atoms with Gasteiger partial charge in [-0.2, -0.15) is 6.08 Å². The van der Waals surface area contributed by atoms with Gasteiger partial charge in [-0.25, -0.2) is 11.3 Å². The third kappa shape index (κ3) is 3.15. The van der Waals surface area contributed by atoms with Crippen LogP contribution in [0.1, 0.15) is 6.42 Å². The fraction of sp³-hybridized carbons (Fsp3) is 0.500. The van der Waals surface area contributed by atoms with Crippen LogP contribution in [0.25, 0.3) is 0 Å². The monoisotopic (exact) mass is 176 g/mol. The summed E-state index contributed by atoms with van der Waals surface area (Å²) in [6.07, 6.45) is 8.82. The Kier molecular flexibility index (Phi) is 4.97. The van der Waals surface area contributed by atoms with Crippen LogP contribution in [0.3, 0.4) is 0 Å². The molecule has 0 aliphatic heterocycles.